The van der Waals surface area contributed by atoms with E-state index in [1.165, 1.54) is 6.07 Å². The summed E-state index contributed by atoms with van der Waals surface area (Å²) in [4.78, 5) is 12.7. The van der Waals surface area contributed by atoms with Crippen LogP contribution in [0, 0.1) is 25.5 Å². The molecule has 0 saturated heterocycles. The van der Waals surface area contributed by atoms with Crippen LogP contribution in [0.3, 0.4) is 0 Å². The average molecular weight is 385 g/mol. The molecule has 0 aliphatic carbocycles. The van der Waals surface area contributed by atoms with Gasteiger partial charge in [-0.05, 0) is 32.0 Å². The predicted molar refractivity (Wildman–Crippen MR) is 101 cm³/mol. The fourth-order valence-electron chi connectivity index (χ4n) is 2.95. The molecule has 0 saturated carbocycles. The zero-order valence-electron chi connectivity index (χ0n) is 15.9. The molecule has 0 bridgehead atoms. The minimum absolute atomic E-state index is 0.0168. The van der Waals surface area contributed by atoms with E-state index in [9.17, 15) is 13.6 Å². The van der Waals surface area contributed by atoms with Gasteiger partial charge in [-0.25, -0.2) is 8.78 Å². The van der Waals surface area contributed by atoms with Gasteiger partial charge in [-0.15, -0.1) is 0 Å². The number of aryl methyl sites for hydroxylation is 2. The number of halogens is 2. The maximum Gasteiger partial charge on any atom is 0.251 e. The Balaban J connectivity index is 1.71. The molecule has 7 heteroatoms. The van der Waals surface area contributed by atoms with Crippen LogP contribution < -0.4 is 10.1 Å². The molecule has 3 rings (SSSR count). The highest BCUT2D eigenvalue weighted by Gasteiger charge is 2.15. The van der Waals surface area contributed by atoms with Crippen molar-refractivity contribution < 1.29 is 18.3 Å². The number of benzene rings is 2. The molecule has 146 valence electrons. The van der Waals surface area contributed by atoms with Crippen LogP contribution in [0.4, 0.5) is 8.78 Å². The summed E-state index contributed by atoms with van der Waals surface area (Å²) in [5.74, 6) is -1.80. The maximum atomic E-state index is 13.7. The van der Waals surface area contributed by atoms with Gasteiger partial charge in [0.15, 0.2) is 11.6 Å². The van der Waals surface area contributed by atoms with Gasteiger partial charge < -0.3 is 10.1 Å². The summed E-state index contributed by atoms with van der Waals surface area (Å²) < 4.78 is 34.0. The number of hydrogen-bond donors (Lipinski definition) is 1. The monoisotopic (exact) mass is 385 g/mol. The van der Waals surface area contributed by atoms with Gasteiger partial charge in [-0.1, -0.05) is 18.2 Å². The number of nitrogens with one attached hydrogen (secondary N) is 1. The predicted octanol–water partition coefficient (Wildman–Crippen LogP) is 3.82. The van der Waals surface area contributed by atoms with Crippen LogP contribution in [0.1, 0.15) is 32.9 Å². The van der Waals surface area contributed by atoms with Crippen molar-refractivity contribution in [3.8, 4) is 5.75 Å². The number of aromatic nitrogens is 2. The summed E-state index contributed by atoms with van der Waals surface area (Å²) in [7, 11) is 1.86. The van der Waals surface area contributed by atoms with Crippen LogP contribution in [0.25, 0.3) is 0 Å². The van der Waals surface area contributed by atoms with Crippen molar-refractivity contribution in [2.24, 2.45) is 7.05 Å². The number of hydrogen-bond acceptors (Lipinski definition) is 3. The van der Waals surface area contributed by atoms with E-state index in [-0.39, 0.29) is 18.3 Å². The minimum atomic E-state index is -0.788. The maximum absolute atomic E-state index is 13.7. The normalized spacial score (nSPS) is 10.8. The molecule has 0 aliphatic heterocycles. The Bertz CT molecular complexity index is 1010. The second-order valence-corrected chi connectivity index (χ2v) is 6.48. The molecule has 1 amide bonds. The van der Waals surface area contributed by atoms with Crippen molar-refractivity contribution in [3.05, 3.63) is 82.2 Å². The van der Waals surface area contributed by atoms with E-state index < -0.39 is 11.6 Å². The lowest BCUT2D eigenvalue weighted by Gasteiger charge is -2.12. The zero-order valence-corrected chi connectivity index (χ0v) is 15.9. The highest BCUT2D eigenvalue weighted by Crippen LogP contribution is 2.20. The number of nitrogens with zero attached hydrogens (tertiary/aromatic N) is 2. The van der Waals surface area contributed by atoms with Crippen LogP contribution >= 0.6 is 0 Å². The highest BCUT2D eigenvalue weighted by atomic mass is 19.1. The van der Waals surface area contributed by atoms with Crippen molar-refractivity contribution in [1.82, 2.24) is 15.1 Å². The summed E-state index contributed by atoms with van der Waals surface area (Å²) in [6.07, 6.45) is 0. The third-order valence-electron chi connectivity index (χ3n) is 4.62. The van der Waals surface area contributed by atoms with E-state index in [0.717, 1.165) is 29.1 Å². The van der Waals surface area contributed by atoms with Gasteiger partial charge in [0.25, 0.3) is 5.91 Å². The molecule has 0 radical (unpaired) electrons. The van der Waals surface area contributed by atoms with Crippen LogP contribution in [0.2, 0.25) is 0 Å². The Labute approximate surface area is 161 Å². The van der Waals surface area contributed by atoms with Gasteiger partial charge in [-0.3, -0.25) is 9.48 Å². The van der Waals surface area contributed by atoms with Gasteiger partial charge in [-0.2, -0.15) is 5.10 Å². The van der Waals surface area contributed by atoms with E-state index in [1.54, 1.807) is 28.9 Å². The smallest absolute Gasteiger partial charge is 0.251 e. The van der Waals surface area contributed by atoms with Crippen molar-refractivity contribution in [3.63, 3.8) is 0 Å². The zero-order chi connectivity index (χ0) is 20.3. The Kier molecular flexibility index (Phi) is 5.73. The number of carbonyl (C=O) groups excluding carboxylic acids is 1. The van der Waals surface area contributed by atoms with E-state index in [4.69, 9.17) is 4.74 Å². The number of amides is 1. The SMILES string of the molecule is Cc1nn(C)c(C)c1CNC(=O)c1ccccc1COc1ccc(F)cc1F. The molecule has 3 aromatic rings. The summed E-state index contributed by atoms with van der Waals surface area (Å²) in [6, 6.07) is 10.0. The molecule has 0 aliphatic rings. The van der Waals surface area contributed by atoms with Crippen molar-refractivity contribution in [2.75, 3.05) is 0 Å². The van der Waals surface area contributed by atoms with Crippen LogP contribution in [0.15, 0.2) is 42.5 Å². The third-order valence-corrected chi connectivity index (χ3v) is 4.62. The van der Waals surface area contributed by atoms with E-state index in [2.05, 4.69) is 10.4 Å². The van der Waals surface area contributed by atoms with Gasteiger partial charge in [0.05, 0.1) is 5.69 Å². The van der Waals surface area contributed by atoms with Crippen molar-refractivity contribution in [2.45, 2.75) is 27.0 Å². The first-order valence-corrected chi connectivity index (χ1v) is 8.80. The third kappa shape index (κ3) is 4.19. The van der Waals surface area contributed by atoms with Crippen LogP contribution in [-0.2, 0) is 20.2 Å². The Morgan fingerprint density at radius 3 is 2.61 bits per heavy atom. The summed E-state index contributed by atoms with van der Waals surface area (Å²) in [6.45, 7) is 4.18. The van der Waals surface area contributed by atoms with Gasteiger partial charge in [0.1, 0.15) is 12.4 Å². The van der Waals surface area contributed by atoms with Gasteiger partial charge >= 0.3 is 0 Å². The fourth-order valence-corrected chi connectivity index (χ4v) is 2.95. The molecule has 0 unspecified atom stereocenters. The number of ether oxygens (including phenoxy) is 1. The minimum Gasteiger partial charge on any atom is -0.486 e. The first-order chi connectivity index (χ1) is 13.4. The molecule has 28 heavy (non-hydrogen) atoms. The average Bonchev–Trinajstić information content (AvgIpc) is 2.91. The van der Waals surface area contributed by atoms with E-state index in [0.29, 0.717) is 17.7 Å². The lowest BCUT2D eigenvalue weighted by molar-refractivity contribution is 0.0948. The lowest BCUT2D eigenvalue weighted by atomic mass is 10.1. The largest absolute Gasteiger partial charge is 0.486 e. The molecular formula is C21H21F2N3O2. The second-order valence-electron chi connectivity index (χ2n) is 6.48. The summed E-state index contributed by atoms with van der Waals surface area (Å²) in [5, 5.41) is 7.24. The van der Waals surface area contributed by atoms with E-state index >= 15 is 0 Å². The molecule has 2 aromatic carbocycles. The standard InChI is InChI=1S/C21H21F2N3O2/c1-13-18(14(2)26(3)25-13)11-24-21(27)17-7-5-4-6-15(17)12-28-20-9-8-16(22)10-19(20)23/h4-10H,11-12H2,1-3H3,(H,24,27). The fraction of sp³-hybridized carbons (Fsp3) is 0.238. The first kappa shape index (κ1) is 19.5. The molecule has 5 nitrogen and oxygen atoms in total. The number of rotatable bonds is 6. The summed E-state index contributed by atoms with van der Waals surface area (Å²) in [5.41, 5.74) is 3.86. The molecule has 1 aromatic heterocycles. The molecule has 1 heterocycles. The lowest BCUT2D eigenvalue weighted by Crippen LogP contribution is -2.25. The molecule has 0 spiro atoms. The number of carbonyl (C=O) groups is 1. The Morgan fingerprint density at radius 1 is 1.18 bits per heavy atom. The Hall–Kier alpha value is -3.22. The first-order valence-electron chi connectivity index (χ1n) is 8.80. The van der Waals surface area contributed by atoms with Gasteiger partial charge in [0, 0.05) is 42.0 Å². The molecule has 1 N–H and O–H groups in total. The van der Waals surface area contributed by atoms with E-state index in [1.807, 2.05) is 20.9 Å². The van der Waals surface area contributed by atoms with Crippen molar-refractivity contribution in [1.29, 1.82) is 0 Å². The second kappa shape index (κ2) is 8.21. The molecule has 0 atom stereocenters. The Morgan fingerprint density at radius 2 is 1.93 bits per heavy atom. The van der Waals surface area contributed by atoms with Crippen LogP contribution in [0.5, 0.6) is 5.75 Å². The summed E-state index contributed by atoms with van der Waals surface area (Å²) >= 11 is 0. The molecular weight excluding hydrogens is 364 g/mol. The van der Waals surface area contributed by atoms with Crippen molar-refractivity contribution >= 4 is 5.91 Å². The topological polar surface area (TPSA) is 56.2 Å². The van der Waals surface area contributed by atoms with Crippen LogP contribution in [-0.4, -0.2) is 15.7 Å². The van der Waals surface area contributed by atoms with Gasteiger partial charge in [0.2, 0.25) is 0 Å². The quantitative estimate of drug-likeness (QED) is 0.702. The molecule has 0 fully saturated rings. The highest BCUT2D eigenvalue weighted by molar-refractivity contribution is 5.95.